The Bertz CT molecular complexity index is 621. The third kappa shape index (κ3) is 3.86. The van der Waals surface area contributed by atoms with Crippen LogP contribution in [0.25, 0.3) is 10.6 Å². The first-order chi connectivity index (χ1) is 9.88. The predicted molar refractivity (Wildman–Crippen MR) is 83.5 cm³/mol. The zero-order valence-corrected chi connectivity index (χ0v) is 13.5. The van der Waals surface area contributed by atoms with E-state index in [9.17, 15) is 8.78 Å². The van der Waals surface area contributed by atoms with Gasteiger partial charge in [0.05, 0.1) is 5.69 Å². The second-order valence-corrected chi connectivity index (χ2v) is 6.73. The van der Waals surface area contributed by atoms with Crippen molar-refractivity contribution in [2.45, 2.75) is 46.2 Å². The van der Waals surface area contributed by atoms with Gasteiger partial charge in [-0.1, -0.05) is 27.7 Å². The molecule has 0 amide bonds. The molecule has 21 heavy (non-hydrogen) atoms. The summed E-state index contributed by atoms with van der Waals surface area (Å²) in [5, 5.41) is 3.97. The minimum Gasteiger partial charge on any atom is -0.310 e. The summed E-state index contributed by atoms with van der Waals surface area (Å²) in [5.74, 6) is -0.872. The van der Waals surface area contributed by atoms with Gasteiger partial charge in [-0.05, 0) is 18.1 Å². The van der Waals surface area contributed by atoms with Crippen LogP contribution >= 0.6 is 11.3 Å². The molecule has 1 heterocycles. The molecule has 2 aromatic rings. The molecule has 0 aliphatic carbocycles. The molecule has 0 atom stereocenters. The van der Waals surface area contributed by atoms with E-state index in [1.165, 1.54) is 23.5 Å². The van der Waals surface area contributed by atoms with Crippen molar-refractivity contribution in [3.63, 3.8) is 0 Å². The molecular formula is C16H20F2N2S. The average Bonchev–Trinajstić information content (AvgIpc) is 2.80. The SMILES string of the molecule is CC(C)NCc1sc(-c2ccc(F)cc2F)nc1C(C)C. The van der Waals surface area contributed by atoms with Crippen LogP contribution in [0.1, 0.15) is 44.2 Å². The molecule has 5 heteroatoms. The smallest absolute Gasteiger partial charge is 0.136 e. The fraction of sp³-hybridized carbons (Fsp3) is 0.438. The molecule has 1 N–H and O–H groups in total. The molecule has 0 aliphatic rings. The Hall–Kier alpha value is -1.33. The number of hydrogen-bond acceptors (Lipinski definition) is 3. The first kappa shape index (κ1) is 16.0. The fourth-order valence-electron chi connectivity index (χ4n) is 2.02. The van der Waals surface area contributed by atoms with Gasteiger partial charge in [0.15, 0.2) is 0 Å². The lowest BCUT2D eigenvalue weighted by Crippen LogP contribution is -2.22. The average molecular weight is 310 g/mol. The van der Waals surface area contributed by atoms with Gasteiger partial charge in [0.1, 0.15) is 16.6 Å². The van der Waals surface area contributed by atoms with Crippen LogP contribution in [0.5, 0.6) is 0 Å². The maximum atomic E-state index is 13.9. The normalized spacial score (nSPS) is 11.6. The Morgan fingerprint density at radius 2 is 1.90 bits per heavy atom. The number of nitrogens with zero attached hydrogens (tertiary/aromatic N) is 1. The van der Waals surface area contributed by atoms with Crippen molar-refractivity contribution in [3.8, 4) is 10.6 Å². The van der Waals surface area contributed by atoms with E-state index in [2.05, 4.69) is 38.0 Å². The minimum atomic E-state index is -0.571. The molecule has 1 aromatic heterocycles. The highest BCUT2D eigenvalue weighted by atomic mass is 32.1. The number of halogens is 2. The quantitative estimate of drug-likeness (QED) is 0.865. The van der Waals surface area contributed by atoms with Crippen LogP contribution in [-0.2, 0) is 6.54 Å². The molecule has 2 rings (SSSR count). The van der Waals surface area contributed by atoms with Crippen molar-refractivity contribution >= 4 is 11.3 Å². The number of thiazole rings is 1. The van der Waals surface area contributed by atoms with Gasteiger partial charge in [0.25, 0.3) is 0 Å². The topological polar surface area (TPSA) is 24.9 Å². The molecule has 0 saturated heterocycles. The first-order valence-electron chi connectivity index (χ1n) is 7.07. The second kappa shape index (κ2) is 6.62. The van der Waals surface area contributed by atoms with Crippen molar-refractivity contribution in [1.82, 2.24) is 10.3 Å². The molecule has 0 radical (unpaired) electrons. The Kier molecular flexibility index (Phi) is 5.06. The van der Waals surface area contributed by atoms with E-state index in [-0.39, 0.29) is 5.92 Å². The minimum absolute atomic E-state index is 0.266. The first-order valence-corrected chi connectivity index (χ1v) is 7.88. The van der Waals surface area contributed by atoms with Gasteiger partial charge in [-0.2, -0.15) is 0 Å². The van der Waals surface area contributed by atoms with Crippen LogP contribution in [0.2, 0.25) is 0 Å². The standard InChI is InChI=1S/C16H20F2N2S/c1-9(2)15-14(8-19-10(3)4)21-16(20-15)12-6-5-11(17)7-13(12)18/h5-7,9-10,19H,8H2,1-4H3. The second-order valence-electron chi connectivity index (χ2n) is 5.64. The molecule has 114 valence electrons. The number of rotatable bonds is 5. The highest BCUT2D eigenvalue weighted by molar-refractivity contribution is 7.15. The lowest BCUT2D eigenvalue weighted by molar-refractivity contribution is 0.585. The number of hydrogen-bond donors (Lipinski definition) is 1. The summed E-state index contributed by atoms with van der Waals surface area (Å²) in [5.41, 5.74) is 1.34. The van der Waals surface area contributed by atoms with Crippen LogP contribution < -0.4 is 5.32 Å². The lowest BCUT2D eigenvalue weighted by Gasteiger charge is -2.09. The number of aromatic nitrogens is 1. The van der Waals surface area contributed by atoms with Crippen molar-refractivity contribution in [3.05, 3.63) is 40.4 Å². The Morgan fingerprint density at radius 1 is 1.19 bits per heavy atom. The zero-order chi connectivity index (χ0) is 15.6. The maximum absolute atomic E-state index is 13.9. The highest BCUT2D eigenvalue weighted by Gasteiger charge is 2.17. The van der Waals surface area contributed by atoms with Gasteiger partial charge in [0, 0.05) is 29.1 Å². The zero-order valence-electron chi connectivity index (χ0n) is 12.7. The Labute approximate surface area is 128 Å². The van der Waals surface area contributed by atoms with Crippen LogP contribution in [0.4, 0.5) is 8.78 Å². The molecule has 0 aliphatic heterocycles. The van der Waals surface area contributed by atoms with E-state index < -0.39 is 11.6 Å². The fourth-order valence-corrected chi connectivity index (χ4v) is 3.21. The van der Waals surface area contributed by atoms with Crippen molar-refractivity contribution in [2.24, 2.45) is 0 Å². The number of nitrogens with one attached hydrogen (secondary N) is 1. The molecule has 2 nitrogen and oxygen atoms in total. The van der Waals surface area contributed by atoms with Crippen LogP contribution in [-0.4, -0.2) is 11.0 Å². The maximum Gasteiger partial charge on any atom is 0.136 e. The highest BCUT2D eigenvalue weighted by Crippen LogP contribution is 2.33. The van der Waals surface area contributed by atoms with E-state index in [1.54, 1.807) is 0 Å². The van der Waals surface area contributed by atoms with Gasteiger partial charge in [-0.3, -0.25) is 0 Å². The lowest BCUT2D eigenvalue weighted by atomic mass is 10.1. The van der Waals surface area contributed by atoms with Gasteiger partial charge in [-0.15, -0.1) is 11.3 Å². The summed E-state index contributed by atoms with van der Waals surface area (Å²) in [7, 11) is 0. The third-order valence-corrected chi connectivity index (χ3v) is 4.21. The van der Waals surface area contributed by atoms with Crippen LogP contribution in [0, 0.1) is 11.6 Å². The Morgan fingerprint density at radius 3 is 2.48 bits per heavy atom. The van der Waals surface area contributed by atoms with Gasteiger partial charge < -0.3 is 5.32 Å². The largest absolute Gasteiger partial charge is 0.310 e. The van der Waals surface area contributed by atoms with Crippen LogP contribution in [0.15, 0.2) is 18.2 Å². The van der Waals surface area contributed by atoms with Crippen molar-refractivity contribution in [2.75, 3.05) is 0 Å². The summed E-state index contributed by atoms with van der Waals surface area (Å²) in [6, 6.07) is 3.99. The van der Waals surface area contributed by atoms with Gasteiger partial charge >= 0.3 is 0 Å². The molecule has 0 unspecified atom stereocenters. The molecule has 0 fully saturated rings. The van der Waals surface area contributed by atoms with E-state index in [1.807, 2.05) is 0 Å². The van der Waals surface area contributed by atoms with E-state index >= 15 is 0 Å². The predicted octanol–water partition coefficient (Wildman–Crippen LogP) is 4.71. The molecule has 0 bridgehead atoms. The third-order valence-electron chi connectivity index (χ3n) is 3.11. The monoisotopic (exact) mass is 310 g/mol. The van der Waals surface area contributed by atoms with Gasteiger partial charge in [0.2, 0.25) is 0 Å². The number of benzene rings is 1. The molecule has 0 saturated carbocycles. The van der Waals surface area contributed by atoms with E-state index in [4.69, 9.17) is 0 Å². The summed E-state index contributed by atoms with van der Waals surface area (Å²) in [4.78, 5) is 5.67. The van der Waals surface area contributed by atoms with E-state index in [0.29, 0.717) is 23.2 Å². The summed E-state index contributed by atoms with van der Waals surface area (Å²) >= 11 is 1.47. The Balaban J connectivity index is 2.38. The summed E-state index contributed by atoms with van der Waals surface area (Å²) < 4.78 is 26.9. The van der Waals surface area contributed by atoms with Crippen LogP contribution in [0.3, 0.4) is 0 Å². The summed E-state index contributed by atoms with van der Waals surface area (Å²) in [6.07, 6.45) is 0. The van der Waals surface area contributed by atoms with Gasteiger partial charge in [-0.25, -0.2) is 13.8 Å². The molecule has 1 aromatic carbocycles. The molecular weight excluding hydrogens is 290 g/mol. The van der Waals surface area contributed by atoms with Crippen molar-refractivity contribution < 1.29 is 8.78 Å². The van der Waals surface area contributed by atoms with Crippen molar-refractivity contribution in [1.29, 1.82) is 0 Å². The van der Waals surface area contributed by atoms with E-state index in [0.717, 1.165) is 16.6 Å². The summed E-state index contributed by atoms with van der Waals surface area (Å²) in [6.45, 7) is 9.01. The molecule has 0 spiro atoms.